The molecule has 116 valence electrons. The van der Waals surface area contributed by atoms with E-state index in [4.69, 9.17) is 14.2 Å². The van der Waals surface area contributed by atoms with Crippen LogP contribution in [0.1, 0.15) is 17.5 Å². The molecule has 2 aromatic rings. The third kappa shape index (κ3) is 4.09. The van der Waals surface area contributed by atoms with E-state index in [9.17, 15) is 0 Å². The Labute approximate surface area is 131 Å². The van der Waals surface area contributed by atoms with Crippen molar-refractivity contribution in [2.45, 2.75) is 31.7 Å². The Kier molecular flexibility index (Phi) is 5.09. The highest BCUT2D eigenvalue weighted by Crippen LogP contribution is 2.20. The first-order valence-corrected chi connectivity index (χ1v) is 7.77. The number of aryl methyl sites for hydroxylation is 1. The highest BCUT2D eigenvalue weighted by atomic mass is 16.7. The molecule has 3 heteroatoms. The molecule has 1 heterocycles. The van der Waals surface area contributed by atoms with Crippen LogP contribution in [0, 0.1) is 0 Å². The van der Waals surface area contributed by atoms with Crippen molar-refractivity contribution < 1.29 is 14.2 Å². The minimum atomic E-state index is -0.0872. The number of hydrogen-bond donors (Lipinski definition) is 0. The van der Waals surface area contributed by atoms with E-state index in [0.717, 1.165) is 25.0 Å². The largest absolute Gasteiger partial charge is 0.497 e. The van der Waals surface area contributed by atoms with E-state index < -0.39 is 0 Å². The number of ether oxygens (including phenoxy) is 3. The van der Waals surface area contributed by atoms with Crippen LogP contribution in [0.3, 0.4) is 0 Å². The van der Waals surface area contributed by atoms with Crippen molar-refractivity contribution >= 4 is 0 Å². The highest BCUT2D eigenvalue weighted by molar-refractivity contribution is 5.27. The molecule has 2 unspecified atom stereocenters. The summed E-state index contributed by atoms with van der Waals surface area (Å²) in [5.74, 6) is 0.889. The standard InChI is InChI=1S/C19H22O3/c1-20-17-10-7-15(8-11-17)9-12-19-21-14-18(22-19)13-16-5-3-2-4-6-16/h2-8,10-11,18-19H,9,12-14H2,1H3. The van der Waals surface area contributed by atoms with Gasteiger partial charge >= 0.3 is 0 Å². The fourth-order valence-electron chi connectivity index (χ4n) is 2.72. The van der Waals surface area contributed by atoms with E-state index in [0.29, 0.717) is 6.61 Å². The zero-order chi connectivity index (χ0) is 15.2. The van der Waals surface area contributed by atoms with Crippen LogP contribution in [0.4, 0.5) is 0 Å². The van der Waals surface area contributed by atoms with Crippen molar-refractivity contribution in [3.63, 3.8) is 0 Å². The summed E-state index contributed by atoms with van der Waals surface area (Å²) in [5, 5.41) is 0. The summed E-state index contributed by atoms with van der Waals surface area (Å²) < 4.78 is 16.9. The molecule has 22 heavy (non-hydrogen) atoms. The molecule has 0 bridgehead atoms. The second kappa shape index (κ2) is 7.43. The molecule has 0 saturated carbocycles. The van der Waals surface area contributed by atoms with Crippen molar-refractivity contribution in [1.29, 1.82) is 0 Å². The van der Waals surface area contributed by atoms with Gasteiger partial charge < -0.3 is 14.2 Å². The molecule has 3 nitrogen and oxygen atoms in total. The average molecular weight is 298 g/mol. The molecule has 3 rings (SSSR count). The van der Waals surface area contributed by atoms with E-state index in [1.807, 2.05) is 18.2 Å². The molecular weight excluding hydrogens is 276 g/mol. The first-order chi connectivity index (χ1) is 10.8. The first kappa shape index (κ1) is 15.1. The molecule has 1 fully saturated rings. The van der Waals surface area contributed by atoms with E-state index in [-0.39, 0.29) is 12.4 Å². The monoisotopic (exact) mass is 298 g/mol. The third-order valence-electron chi connectivity index (χ3n) is 3.95. The van der Waals surface area contributed by atoms with Gasteiger partial charge in [0.1, 0.15) is 5.75 Å². The number of hydrogen-bond acceptors (Lipinski definition) is 3. The second-order valence-electron chi connectivity index (χ2n) is 5.60. The minimum Gasteiger partial charge on any atom is -0.497 e. The number of methoxy groups -OCH3 is 1. The molecule has 0 spiro atoms. The summed E-state index contributed by atoms with van der Waals surface area (Å²) in [5.41, 5.74) is 2.58. The van der Waals surface area contributed by atoms with Gasteiger partial charge in [-0.25, -0.2) is 0 Å². The second-order valence-corrected chi connectivity index (χ2v) is 5.60. The van der Waals surface area contributed by atoms with E-state index in [1.165, 1.54) is 11.1 Å². The summed E-state index contributed by atoms with van der Waals surface area (Å²) in [6.45, 7) is 0.683. The number of benzene rings is 2. The normalized spacial score (nSPS) is 21.0. The van der Waals surface area contributed by atoms with Gasteiger partial charge in [-0.3, -0.25) is 0 Å². The Morgan fingerprint density at radius 1 is 1.00 bits per heavy atom. The fourth-order valence-corrected chi connectivity index (χ4v) is 2.72. The van der Waals surface area contributed by atoms with Crippen molar-refractivity contribution in [3.8, 4) is 5.75 Å². The molecule has 0 N–H and O–H groups in total. The molecule has 0 aromatic heterocycles. The van der Waals surface area contributed by atoms with Gasteiger partial charge in [-0.1, -0.05) is 42.5 Å². The lowest BCUT2D eigenvalue weighted by atomic mass is 10.1. The fraction of sp³-hybridized carbons (Fsp3) is 0.368. The lowest BCUT2D eigenvalue weighted by Crippen LogP contribution is -2.15. The topological polar surface area (TPSA) is 27.7 Å². The van der Waals surface area contributed by atoms with E-state index in [1.54, 1.807) is 7.11 Å². The van der Waals surface area contributed by atoms with Crippen LogP contribution in [0.5, 0.6) is 5.75 Å². The average Bonchev–Trinajstić information content (AvgIpc) is 3.02. The predicted molar refractivity (Wildman–Crippen MR) is 86.1 cm³/mol. The van der Waals surface area contributed by atoms with Crippen LogP contribution < -0.4 is 4.74 Å². The zero-order valence-corrected chi connectivity index (χ0v) is 12.9. The quantitative estimate of drug-likeness (QED) is 0.815. The summed E-state index contributed by atoms with van der Waals surface area (Å²) >= 11 is 0. The molecule has 2 atom stereocenters. The van der Waals surface area contributed by atoms with Gasteiger partial charge in [0.05, 0.1) is 19.8 Å². The van der Waals surface area contributed by atoms with Crippen LogP contribution in [0.2, 0.25) is 0 Å². The van der Waals surface area contributed by atoms with Gasteiger partial charge in [0, 0.05) is 12.8 Å². The Bertz CT molecular complexity index is 565. The summed E-state index contributed by atoms with van der Waals surface area (Å²) in [7, 11) is 1.68. The Morgan fingerprint density at radius 3 is 2.50 bits per heavy atom. The molecule has 2 aromatic carbocycles. The van der Waals surface area contributed by atoms with Gasteiger partial charge in [-0.05, 0) is 29.7 Å². The van der Waals surface area contributed by atoms with Crippen LogP contribution in [0.15, 0.2) is 54.6 Å². The van der Waals surface area contributed by atoms with Crippen LogP contribution in [-0.4, -0.2) is 26.1 Å². The molecule has 0 amide bonds. The summed E-state index contributed by atoms with van der Waals surface area (Å²) in [6.07, 6.45) is 2.84. The summed E-state index contributed by atoms with van der Waals surface area (Å²) in [6, 6.07) is 18.6. The maximum absolute atomic E-state index is 5.99. The van der Waals surface area contributed by atoms with Gasteiger partial charge in [0.2, 0.25) is 0 Å². The van der Waals surface area contributed by atoms with E-state index in [2.05, 4.69) is 36.4 Å². The van der Waals surface area contributed by atoms with Crippen LogP contribution in [-0.2, 0) is 22.3 Å². The van der Waals surface area contributed by atoms with Gasteiger partial charge in [0.15, 0.2) is 6.29 Å². The lowest BCUT2D eigenvalue weighted by molar-refractivity contribution is -0.0612. The van der Waals surface area contributed by atoms with Gasteiger partial charge in [-0.2, -0.15) is 0 Å². The molecule has 0 aliphatic carbocycles. The zero-order valence-electron chi connectivity index (χ0n) is 12.9. The van der Waals surface area contributed by atoms with Crippen molar-refractivity contribution in [1.82, 2.24) is 0 Å². The van der Waals surface area contributed by atoms with Gasteiger partial charge in [-0.15, -0.1) is 0 Å². The molecule has 1 saturated heterocycles. The van der Waals surface area contributed by atoms with Crippen molar-refractivity contribution in [2.75, 3.05) is 13.7 Å². The smallest absolute Gasteiger partial charge is 0.158 e. The lowest BCUT2D eigenvalue weighted by Gasteiger charge is -2.12. The molecular formula is C19H22O3. The van der Waals surface area contributed by atoms with E-state index >= 15 is 0 Å². The summed E-state index contributed by atoms with van der Waals surface area (Å²) in [4.78, 5) is 0. The predicted octanol–water partition coefficient (Wildman–Crippen LogP) is 3.61. The minimum absolute atomic E-state index is 0.0872. The molecule has 1 aliphatic heterocycles. The SMILES string of the molecule is COc1ccc(CCC2OCC(Cc3ccccc3)O2)cc1. The molecule has 0 radical (unpaired) electrons. The molecule has 1 aliphatic rings. The Balaban J connectivity index is 1.44. The number of rotatable bonds is 6. The van der Waals surface area contributed by atoms with Crippen molar-refractivity contribution in [2.24, 2.45) is 0 Å². The van der Waals surface area contributed by atoms with Crippen molar-refractivity contribution in [3.05, 3.63) is 65.7 Å². The van der Waals surface area contributed by atoms with Gasteiger partial charge in [0.25, 0.3) is 0 Å². The highest BCUT2D eigenvalue weighted by Gasteiger charge is 2.25. The van der Waals surface area contributed by atoms with Crippen LogP contribution in [0.25, 0.3) is 0 Å². The Hall–Kier alpha value is -1.84. The Morgan fingerprint density at radius 2 is 1.77 bits per heavy atom. The maximum Gasteiger partial charge on any atom is 0.158 e. The van der Waals surface area contributed by atoms with Crippen LogP contribution >= 0.6 is 0 Å². The maximum atomic E-state index is 5.99. The first-order valence-electron chi connectivity index (χ1n) is 7.77. The third-order valence-corrected chi connectivity index (χ3v) is 3.95.